The predicted molar refractivity (Wildman–Crippen MR) is 186 cm³/mol. The quantitative estimate of drug-likeness (QED) is 0.0907. The predicted octanol–water partition coefficient (Wildman–Crippen LogP) is 10.3. The number of carbonyl (C=O) groups is 4. The fourth-order valence-electron chi connectivity index (χ4n) is 6.98. The average Bonchev–Trinajstić information content (AvgIpc) is 3.87. The van der Waals surface area contributed by atoms with Crippen LogP contribution in [0.25, 0.3) is 0 Å². The van der Waals surface area contributed by atoms with Gasteiger partial charge in [0.2, 0.25) is 0 Å². The van der Waals surface area contributed by atoms with Crippen LogP contribution in [0.15, 0.2) is 12.1 Å². The molecule has 2 aliphatic carbocycles. The third-order valence-corrected chi connectivity index (χ3v) is 11.5. The van der Waals surface area contributed by atoms with Crippen LogP contribution in [-0.4, -0.2) is 37.1 Å². The summed E-state index contributed by atoms with van der Waals surface area (Å²) in [5.74, 6) is -2.48. The molecular weight excluding hydrogens is 749 g/mol. The van der Waals surface area contributed by atoms with Gasteiger partial charge in [-0.1, -0.05) is 111 Å². The maximum Gasteiger partial charge on any atom is 0.423 e. The molecule has 2 saturated carbocycles. The van der Waals surface area contributed by atoms with Gasteiger partial charge in [-0.25, -0.2) is 19.2 Å². The molecule has 262 valence electrons. The van der Waals surface area contributed by atoms with Crippen LogP contribution in [0.4, 0.5) is 0 Å². The monoisotopic (exact) mass is 782 g/mol. The lowest BCUT2D eigenvalue weighted by Gasteiger charge is -2.15. The zero-order valence-corrected chi connectivity index (χ0v) is 31.7. The van der Waals surface area contributed by atoms with Gasteiger partial charge >= 0.3 is 23.9 Å². The largest absolute Gasteiger partial charge is 0.462 e. The van der Waals surface area contributed by atoms with Crippen molar-refractivity contribution >= 4 is 93.5 Å². The molecular formula is C34H36Cl6O8. The van der Waals surface area contributed by atoms with Crippen LogP contribution in [0.2, 0.25) is 30.1 Å². The highest BCUT2D eigenvalue weighted by Crippen LogP contribution is 2.53. The van der Waals surface area contributed by atoms with Crippen molar-refractivity contribution in [2.45, 2.75) is 54.4 Å². The molecule has 2 aromatic rings. The molecule has 6 atom stereocenters. The van der Waals surface area contributed by atoms with Crippen molar-refractivity contribution in [3.05, 3.63) is 53.4 Å². The van der Waals surface area contributed by atoms with Gasteiger partial charge in [0.15, 0.2) is 11.5 Å². The highest BCUT2D eigenvalue weighted by Gasteiger charge is 2.48. The molecule has 0 amide bonds. The van der Waals surface area contributed by atoms with E-state index in [1.54, 1.807) is 0 Å². The molecule has 0 aliphatic heterocycles. The summed E-state index contributed by atoms with van der Waals surface area (Å²) >= 11 is 37.5. The molecule has 4 rings (SSSR count). The molecule has 14 heteroatoms. The first-order chi connectivity index (χ1) is 22.5. The normalized spacial score (nSPS) is 22.8. The second kappa shape index (κ2) is 15.9. The van der Waals surface area contributed by atoms with Gasteiger partial charge in [0.25, 0.3) is 0 Å². The highest BCUT2D eigenvalue weighted by atomic mass is 35.5. The Morgan fingerprint density at radius 3 is 1.23 bits per heavy atom. The molecule has 0 radical (unpaired) electrons. The van der Waals surface area contributed by atoms with E-state index in [1.807, 2.05) is 0 Å². The van der Waals surface area contributed by atoms with Crippen molar-refractivity contribution in [2.75, 3.05) is 13.2 Å². The van der Waals surface area contributed by atoms with Crippen LogP contribution >= 0.6 is 69.6 Å². The van der Waals surface area contributed by atoms with Gasteiger partial charge in [0, 0.05) is 0 Å². The van der Waals surface area contributed by atoms with Crippen LogP contribution < -0.4 is 9.47 Å². The Bertz CT molecular complexity index is 1490. The number of ether oxygens (including phenoxy) is 4. The van der Waals surface area contributed by atoms with Crippen molar-refractivity contribution in [1.82, 2.24) is 0 Å². The Morgan fingerprint density at radius 1 is 0.604 bits per heavy atom. The number of rotatable bonds is 12. The van der Waals surface area contributed by atoms with Gasteiger partial charge in [-0.15, -0.1) is 0 Å². The summed E-state index contributed by atoms with van der Waals surface area (Å²) < 4.78 is 21.3. The molecule has 2 aliphatic rings. The molecule has 6 unspecified atom stereocenters. The third kappa shape index (κ3) is 8.50. The van der Waals surface area contributed by atoms with Crippen LogP contribution in [-0.2, 0) is 19.1 Å². The lowest BCUT2D eigenvalue weighted by molar-refractivity contribution is -0.156. The summed E-state index contributed by atoms with van der Waals surface area (Å²) in [5.41, 5.74) is -0.915. The van der Waals surface area contributed by atoms with Gasteiger partial charge in [-0.3, -0.25) is 0 Å². The number of esters is 4. The number of benzene rings is 2. The summed E-state index contributed by atoms with van der Waals surface area (Å²) in [4.78, 5) is 52.3. The van der Waals surface area contributed by atoms with Gasteiger partial charge < -0.3 is 18.9 Å². The van der Waals surface area contributed by atoms with Gasteiger partial charge in [-0.2, -0.15) is 0 Å². The summed E-state index contributed by atoms with van der Waals surface area (Å²) in [5, 5.41) is -1.47. The second-order valence-electron chi connectivity index (χ2n) is 13.0. The van der Waals surface area contributed by atoms with Crippen molar-refractivity contribution in [1.29, 1.82) is 0 Å². The molecule has 0 heterocycles. The number of hydrogen-bond acceptors (Lipinski definition) is 8. The highest BCUT2D eigenvalue weighted by molar-refractivity contribution is 6.47. The fraction of sp³-hybridized carbons (Fsp3) is 0.529. The zero-order valence-electron chi connectivity index (χ0n) is 27.1. The Kier molecular flexibility index (Phi) is 12.9. The number of halogens is 6. The van der Waals surface area contributed by atoms with E-state index in [2.05, 4.69) is 41.5 Å². The molecule has 2 fully saturated rings. The Morgan fingerprint density at radius 2 is 0.938 bits per heavy atom. The first-order valence-electron chi connectivity index (χ1n) is 15.6. The van der Waals surface area contributed by atoms with Crippen molar-refractivity contribution in [3.63, 3.8) is 0 Å². The van der Waals surface area contributed by atoms with E-state index in [0.717, 1.165) is 12.1 Å². The minimum absolute atomic E-state index is 0.0691. The van der Waals surface area contributed by atoms with Gasteiger partial charge in [0.1, 0.15) is 11.1 Å². The molecule has 48 heavy (non-hydrogen) atoms. The topological polar surface area (TPSA) is 105 Å². The Balaban J connectivity index is 1.48. The van der Waals surface area contributed by atoms with E-state index in [9.17, 15) is 19.2 Å². The van der Waals surface area contributed by atoms with E-state index in [1.165, 1.54) is 0 Å². The molecule has 0 saturated heterocycles. The van der Waals surface area contributed by atoms with Gasteiger partial charge in [0.05, 0.1) is 43.3 Å². The maximum atomic E-state index is 13.1. The lowest BCUT2D eigenvalue weighted by atomic mass is 10.1. The van der Waals surface area contributed by atoms with Crippen LogP contribution in [0.1, 0.15) is 75.1 Å². The Hall–Kier alpha value is -1.94. The van der Waals surface area contributed by atoms with Crippen LogP contribution in [0.3, 0.4) is 0 Å². The number of carbonyl (C=O) groups excluding carboxylic acids is 4. The average molecular weight is 785 g/mol. The first kappa shape index (κ1) is 38.9. The van der Waals surface area contributed by atoms with Crippen LogP contribution in [0.5, 0.6) is 11.5 Å². The summed E-state index contributed by atoms with van der Waals surface area (Å²) in [6, 6.07) is 2.26. The van der Waals surface area contributed by atoms with E-state index in [4.69, 9.17) is 88.6 Å². The minimum atomic E-state index is -1.64. The summed E-state index contributed by atoms with van der Waals surface area (Å²) in [6.45, 7) is 13.0. The molecule has 0 aromatic heterocycles. The second-order valence-corrected chi connectivity index (χ2v) is 15.4. The molecule has 2 aromatic carbocycles. The van der Waals surface area contributed by atoms with E-state index < -0.39 is 46.5 Å². The summed E-state index contributed by atoms with van der Waals surface area (Å²) in [6.07, 6.45) is 1.24. The van der Waals surface area contributed by atoms with Crippen molar-refractivity contribution < 1.29 is 38.1 Å². The van der Waals surface area contributed by atoms with Crippen molar-refractivity contribution in [2.24, 2.45) is 47.3 Å². The standard InChI is InChI=1S/C34H36Cl6O8/c1-13(2)23-15(5)17(23)7-9-45-31(41)25-27(39)19(35)11-21(37)29(25)47-33(43)34(44)48-30-22(38)12-20(36)28(40)26(30)32(42)46-10-8-18-16(6)24(18)14(3)4/h11-18,23-24H,7-10H2,1-6H3. The SMILES string of the molecule is CC(C)C1C(C)C1CCOC(=O)c1c(Cl)c(Cl)cc(Cl)c1OC(=O)C(=O)Oc1c(Cl)cc(Cl)c(Cl)c1C(=O)OCCC1C(C)C1C(C)C. The minimum Gasteiger partial charge on any atom is -0.462 e. The van der Waals surface area contributed by atoms with E-state index in [-0.39, 0.29) is 43.3 Å². The maximum absolute atomic E-state index is 13.1. The lowest BCUT2D eigenvalue weighted by Crippen LogP contribution is -2.27. The first-order valence-corrected chi connectivity index (χ1v) is 17.9. The van der Waals surface area contributed by atoms with E-state index in [0.29, 0.717) is 60.2 Å². The third-order valence-electron chi connectivity index (χ3n) is 9.40. The molecule has 8 nitrogen and oxygen atoms in total. The molecule has 0 N–H and O–H groups in total. The summed E-state index contributed by atoms with van der Waals surface area (Å²) in [7, 11) is 0. The molecule has 0 spiro atoms. The van der Waals surface area contributed by atoms with E-state index >= 15 is 0 Å². The van der Waals surface area contributed by atoms with Crippen molar-refractivity contribution in [3.8, 4) is 11.5 Å². The Labute approximate surface area is 309 Å². The van der Waals surface area contributed by atoms with Gasteiger partial charge in [-0.05, 0) is 72.3 Å². The molecule has 0 bridgehead atoms. The fourth-order valence-corrected chi connectivity index (χ4v) is 8.42. The zero-order chi connectivity index (χ0) is 35.8. The number of hydrogen-bond donors (Lipinski definition) is 0. The smallest absolute Gasteiger partial charge is 0.423 e. The van der Waals surface area contributed by atoms with Crippen LogP contribution in [0, 0.1) is 47.3 Å².